The van der Waals surface area contributed by atoms with Crippen LogP contribution in [0.5, 0.6) is 5.75 Å². The van der Waals surface area contributed by atoms with Crippen LogP contribution in [0.2, 0.25) is 0 Å². The molecule has 0 bridgehead atoms. The first-order valence-electron chi connectivity index (χ1n) is 10.2. The number of rotatable bonds is 7. The third-order valence-corrected chi connectivity index (χ3v) is 5.98. The van der Waals surface area contributed by atoms with Crippen LogP contribution in [0, 0.1) is 6.92 Å². The van der Waals surface area contributed by atoms with Gasteiger partial charge in [0.25, 0.3) is 0 Å². The number of ether oxygens (including phenoxy) is 1. The van der Waals surface area contributed by atoms with Crippen LogP contribution in [0.15, 0.2) is 47.6 Å². The average Bonchev–Trinajstić information content (AvgIpc) is 3.24. The van der Waals surface area contributed by atoms with E-state index in [-0.39, 0.29) is 0 Å². The Morgan fingerprint density at radius 1 is 1.00 bits per heavy atom. The smallest absolute Gasteiger partial charge is 0.237 e. The van der Waals surface area contributed by atoms with E-state index in [0.29, 0.717) is 18.6 Å². The van der Waals surface area contributed by atoms with Crippen LogP contribution in [0.4, 0.5) is 0 Å². The van der Waals surface area contributed by atoms with Crippen LogP contribution in [-0.4, -0.2) is 31.5 Å². The quantitative estimate of drug-likeness (QED) is 0.283. The molecule has 0 N–H and O–H groups in total. The summed E-state index contributed by atoms with van der Waals surface area (Å²) in [6.45, 7) is 11.5. The van der Waals surface area contributed by atoms with Gasteiger partial charge >= 0.3 is 0 Å². The molecule has 0 atom stereocenters. The van der Waals surface area contributed by atoms with E-state index >= 15 is 0 Å². The molecule has 2 aromatic heterocycles. The van der Waals surface area contributed by atoms with E-state index in [0.717, 1.165) is 28.0 Å². The van der Waals surface area contributed by atoms with Crippen molar-refractivity contribution in [2.75, 3.05) is 12.4 Å². The number of imidazole rings is 1. The van der Waals surface area contributed by atoms with E-state index in [2.05, 4.69) is 96.2 Å². The highest BCUT2D eigenvalue weighted by atomic mass is 32.2. The Morgan fingerprint density at radius 3 is 2.48 bits per heavy atom. The van der Waals surface area contributed by atoms with E-state index in [9.17, 15) is 0 Å². The molecule has 0 spiro atoms. The highest BCUT2D eigenvalue weighted by molar-refractivity contribution is 7.99. The number of fused-ring (bicyclic) bond motifs is 3. The Bertz CT molecular complexity index is 1140. The molecule has 4 aromatic rings. The molecule has 0 saturated heterocycles. The lowest BCUT2D eigenvalue weighted by Gasteiger charge is -2.14. The van der Waals surface area contributed by atoms with Crippen molar-refractivity contribution in [1.29, 1.82) is 0 Å². The summed E-state index contributed by atoms with van der Waals surface area (Å²) < 4.78 is 10.5. The second-order valence-corrected chi connectivity index (χ2v) is 9.03. The first-order valence-corrected chi connectivity index (χ1v) is 11.2. The van der Waals surface area contributed by atoms with E-state index in [1.54, 1.807) is 11.8 Å². The molecule has 0 aliphatic carbocycles. The minimum Gasteiger partial charge on any atom is -0.492 e. The van der Waals surface area contributed by atoms with Crippen LogP contribution in [0.25, 0.3) is 16.8 Å². The van der Waals surface area contributed by atoms with Crippen LogP contribution in [0.3, 0.4) is 0 Å². The molecular formula is C23H28N4OS. The van der Waals surface area contributed by atoms with Crippen LogP contribution in [0.1, 0.15) is 50.8 Å². The first kappa shape index (κ1) is 19.8. The predicted octanol–water partition coefficient (Wildman–Crippen LogP) is 5.87. The van der Waals surface area contributed by atoms with Crippen molar-refractivity contribution in [2.24, 2.45) is 0 Å². The van der Waals surface area contributed by atoms with Crippen molar-refractivity contribution in [1.82, 2.24) is 19.2 Å². The molecule has 0 fully saturated rings. The lowest BCUT2D eigenvalue weighted by atomic mass is 10.00. The molecule has 0 radical (unpaired) electrons. The number of thioether (sulfide) groups is 1. The minimum atomic E-state index is 0.318. The van der Waals surface area contributed by atoms with Gasteiger partial charge in [-0.1, -0.05) is 55.4 Å². The molecule has 6 heteroatoms. The molecule has 2 aromatic carbocycles. The monoisotopic (exact) mass is 408 g/mol. The summed E-state index contributed by atoms with van der Waals surface area (Å²) in [6.07, 6.45) is 0. The van der Waals surface area contributed by atoms with Crippen LogP contribution >= 0.6 is 11.8 Å². The second kappa shape index (κ2) is 8.11. The van der Waals surface area contributed by atoms with E-state index in [1.165, 1.54) is 16.6 Å². The zero-order chi connectivity index (χ0) is 20.5. The normalized spacial score (nSPS) is 12.0. The summed E-state index contributed by atoms with van der Waals surface area (Å²) in [5.41, 5.74) is 4.86. The van der Waals surface area contributed by atoms with Gasteiger partial charge in [-0.3, -0.25) is 4.40 Å². The molecule has 152 valence electrons. The molecule has 5 nitrogen and oxygen atoms in total. The van der Waals surface area contributed by atoms with E-state index < -0.39 is 0 Å². The van der Waals surface area contributed by atoms with Gasteiger partial charge in [0.15, 0.2) is 5.16 Å². The average molecular weight is 409 g/mol. The number of hydrogen-bond donors (Lipinski definition) is 0. The summed E-state index contributed by atoms with van der Waals surface area (Å²) in [6, 6.07) is 15.1. The standard InChI is InChI=1S/C23H28N4OS/c1-15(2)18-14-17(5)10-11-21(18)28-12-13-29-23-25-24-22-26(16(3)4)19-8-6-7-9-20(19)27(22)23/h6-11,14-16H,12-13H2,1-5H3. The van der Waals surface area contributed by atoms with Crippen molar-refractivity contribution in [3.63, 3.8) is 0 Å². The fraction of sp³-hybridized carbons (Fsp3) is 0.391. The van der Waals surface area contributed by atoms with Gasteiger partial charge in [-0.05, 0) is 50.5 Å². The lowest BCUT2D eigenvalue weighted by molar-refractivity contribution is 0.338. The molecule has 29 heavy (non-hydrogen) atoms. The van der Waals surface area contributed by atoms with Crippen molar-refractivity contribution in [2.45, 2.75) is 51.7 Å². The molecule has 0 saturated carbocycles. The number of benzene rings is 2. The molecule has 0 unspecified atom stereocenters. The highest BCUT2D eigenvalue weighted by Crippen LogP contribution is 2.30. The largest absolute Gasteiger partial charge is 0.492 e. The van der Waals surface area contributed by atoms with Crippen molar-refractivity contribution < 1.29 is 4.74 Å². The maximum atomic E-state index is 6.11. The Labute approximate surface area is 176 Å². The van der Waals surface area contributed by atoms with E-state index in [1.807, 2.05) is 0 Å². The van der Waals surface area contributed by atoms with Crippen LogP contribution < -0.4 is 4.74 Å². The SMILES string of the molecule is Cc1ccc(OCCSc2nnc3n(C(C)C)c4ccccc4n23)c(C(C)C)c1. The summed E-state index contributed by atoms with van der Waals surface area (Å²) in [5.74, 6) is 3.13. The van der Waals surface area contributed by atoms with Crippen LogP contribution in [-0.2, 0) is 0 Å². The number of hydrogen-bond acceptors (Lipinski definition) is 4. The molecule has 2 heterocycles. The maximum Gasteiger partial charge on any atom is 0.237 e. The third kappa shape index (κ3) is 3.73. The van der Waals surface area contributed by atoms with Gasteiger partial charge in [0, 0.05) is 11.8 Å². The third-order valence-electron chi connectivity index (χ3n) is 5.09. The van der Waals surface area contributed by atoms with Gasteiger partial charge in [-0.2, -0.15) is 0 Å². The molecule has 0 aliphatic heterocycles. The number of aromatic nitrogens is 4. The zero-order valence-electron chi connectivity index (χ0n) is 17.7. The molecule has 0 amide bonds. The topological polar surface area (TPSA) is 44.4 Å². The Balaban J connectivity index is 1.52. The first-order chi connectivity index (χ1) is 14.0. The summed E-state index contributed by atoms with van der Waals surface area (Å²) in [7, 11) is 0. The summed E-state index contributed by atoms with van der Waals surface area (Å²) in [4.78, 5) is 0. The highest BCUT2D eigenvalue weighted by Gasteiger charge is 2.18. The molecule has 4 rings (SSSR count). The molecule has 0 aliphatic rings. The summed E-state index contributed by atoms with van der Waals surface area (Å²) in [5, 5.41) is 9.83. The van der Waals surface area contributed by atoms with Gasteiger partial charge in [-0.25, -0.2) is 0 Å². The summed E-state index contributed by atoms with van der Waals surface area (Å²) >= 11 is 1.68. The number of aryl methyl sites for hydroxylation is 1. The van der Waals surface area contributed by atoms with Crippen molar-refractivity contribution in [3.8, 4) is 5.75 Å². The van der Waals surface area contributed by atoms with Crippen molar-refractivity contribution >= 4 is 28.6 Å². The zero-order valence-corrected chi connectivity index (χ0v) is 18.5. The van der Waals surface area contributed by atoms with Crippen molar-refractivity contribution in [3.05, 3.63) is 53.6 Å². The fourth-order valence-corrected chi connectivity index (χ4v) is 4.49. The van der Waals surface area contributed by atoms with Gasteiger partial charge in [0.1, 0.15) is 5.75 Å². The predicted molar refractivity (Wildman–Crippen MR) is 120 cm³/mol. The van der Waals surface area contributed by atoms with Gasteiger partial charge < -0.3 is 9.30 Å². The Kier molecular flexibility index (Phi) is 5.54. The number of para-hydroxylation sites is 2. The fourth-order valence-electron chi connectivity index (χ4n) is 3.73. The lowest BCUT2D eigenvalue weighted by Crippen LogP contribution is -2.04. The Hall–Kier alpha value is -2.47. The second-order valence-electron chi connectivity index (χ2n) is 7.96. The number of nitrogens with zero attached hydrogens (tertiary/aromatic N) is 4. The van der Waals surface area contributed by atoms with E-state index in [4.69, 9.17) is 4.74 Å². The van der Waals surface area contributed by atoms with Gasteiger partial charge in [-0.15, -0.1) is 10.2 Å². The Morgan fingerprint density at radius 2 is 1.76 bits per heavy atom. The maximum absolute atomic E-state index is 6.11. The van der Waals surface area contributed by atoms with Gasteiger partial charge in [0.05, 0.1) is 17.6 Å². The molecular weight excluding hydrogens is 380 g/mol. The van der Waals surface area contributed by atoms with Gasteiger partial charge in [0.2, 0.25) is 5.78 Å². The minimum absolute atomic E-state index is 0.318.